The van der Waals surface area contributed by atoms with Crippen LogP contribution < -0.4 is 5.32 Å². The molecule has 0 unspecified atom stereocenters. The van der Waals surface area contributed by atoms with Gasteiger partial charge in [-0.3, -0.25) is 4.68 Å². The van der Waals surface area contributed by atoms with E-state index in [9.17, 15) is 0 Å². The maximum absolute atomic E-state index is 9.01. The van der Waals surface area contributed by atoms with Crippen molar-refractivity contribution in [2.24, 2.45) is 5.92 Å². The lowest BCUT2D eigenvalue weighted by Crippen LogP contribution is -2.20. The van der Waals surface area contributed by atoms with Crippen molar-refractivity contribution in [3.05, 3.63) is 60.6 Å². The highest BCUT2D eigenvalue weighted by Crippen LogP contribution is 2.25. The number of ether oxygens (including phenoxy) is 1. The average molecular weight is 399 g/mol. The van der Waals surface area contributed by atoms with Gasteiger partial charge < -0.3 is 10.1 Å². The molecule has 30 heavy (non-hydrogen) atoms. The Hall–Kier alpha value is -3.70. The summed E-state index contributed by atoms with van der Waals surface area (Å²) in [7, 11) is 0. The van der Waals surface area contributed by atoms with E-state index in [1.807, 2.05) is 41.3 Å². The van der Waals surface area contributed by atoms with Gasteiger partial charge in [0, 0.05) is 37.7 Å². The molecule has 8 nitrogen and oxygen atoms in total. The van der Waals surface area contributed by atoms with Gasteiger partial charge in [-0.25, -0.2) is 4.52 Å². The Kier molecular flexibility index (Phi) is 4.87. The van der Waals surface area contributed by atoms with E-state index >= 15 is 0 Å². The Morgan fingerprint density at radius 2 is 2.00 bits per heavy atom. The summed E-state index contributed by atoms with van der Waals surface area (Å²) in [5, 5.41) is 21.3. The zero-order valence-electron chi connectivity index (χ0n) is 16.4. The van der Waals surface area contributed by atoms with E-state index in [2.05, 4.69) is 26.6 Å². The van der Waals surface area contributed by atoms with E-state index in [-0.39, 0.29) is 0 Å². The van der Waals surface area contributed by atoms with Crippen molar-refractivity contribution < 1.29 is 4.74 Å². The third-order valence-corrected chi connectivity index (χ3v) is 5.36. The van der Waals surface area contributed by atoms with Gasteiger partial charge in [-0.15, -0.1) is 5.10 Å². The first-order valence-corrected chi connectivity index (χ1v) is 10.0. The van der Waals surface area contributed by atoms with Crippen LogP contribution in [-0.2, 0) is 11.3 Å². The van der Waals surface area contributed by atoms with E-state index in [4.69, 9.17) is 10.00 Å². The lowest BCUT2D eigenvalue weighted by molar-refractivity contribution is 0.0601. The van der Waals surface area contributed by atoms with Crippen LogP contribution in [0.2, 0.25) is 0 Å². The Morgan fingerprint density at radius 1 is 1.17 bits per heavy atom. The molecule has 4 heterocycles. The molecule has 8 heteroatoms. The van der Waals surface area contributed by atoms with Crippen molar-refractivity contribution >= 4 is 17.3 Å². The van der Waals surface area contributed by atoms with E-state index < -0.39 is 0 Å². The highest BCUT2D eigenvalue weighted by molar-refractivity contribution is 5.78. The summed E-state index contributed by atoms with van der Waals surface area (Å²) >= 11 is 0. The minimum atomic E-state index is 0.515. The molecule has 1 saturated heterocycles. The molecule has 1 fully saturated rings. The maximum Gasteiger partial charge on any atom is 0.247 e. The molecule has 0 aliphatic carbocycles. The predicted octanol–water partition coefficient (Wildman–Crippen LogP) is 3.63. The molecular weight excluding hydrogens is 378 g/mol. The maximum atomic E-state index is 9.01. The molecule has 0 spiro atoms. The van der Waals surface area contributed by atoms with Crippen molar-refractivity contribution in [1.29, 1.82) is 5.26 Å². The van der Waals surface area contributed by atoms with E-state index in [0.717, 1.165) is 55.1 Å². The summed E-state index contributed by atoms with van der Waals surface area (Å²) in [4.78, 5) is 4.67. The molecule has 0 atom stereocenters. The second-order valence-corrected chi connectivity index (χ2v) is 7.45. The number of nitriles is 1. The topological polar surface area (TPSA) is 93.1 Å². The molecule has 0 amide bonds. The van der Waals surface area contributed by atoms with Crippen molar-refractivity contribution in [3.63, 3.8) is 0 Å². The standard InChI is InChI=1S/C22H21N7O/c23-12-16-3-5-18(6-4-16)20-2-1-9-29-21(20)26-22(27-29)25-19-13-24-28(15-19)14-17-7-10-30-11-8-17/h1-6,9,13,15,17H,7-8,10-11,14H2,(H,25,27). The molecule has 0 bridgehead atoms. The van der Waals surface area contributed by atoms with Crippen LogP contribution in [0, 0.1) is 17.2 Å². The SMILES string of the molecule is N#Cc1ccc(-c2cccn3nc(Nc4cnn(CC5CCOCC5)c4)nc23)cc1. The monoisotopic (exact) mass is 399 g/mol. The lowest BCUT2D eigenvalue weighted by atomic mass is 10.0. The van der Waals surface area contributed by atoms with Crippen LogP contribution in [0.1, 0.15) is 18.4 Å². The third-order valence-electron chi connectivity index (χ3n) is 5.36. The fourth-order valence-electron chi connectivity index (χ4n) is 3.76. The summed E-state index contributed by atoms with van der Waals surface area (Å²) in [6.45, 7) is 2.57. The van der Waals surface area contributed by atoms with Crippen LogP contribution in [0.15, 0.2) is 55.0 Å². The van der Waals surface area contributed by atoms with Gasteiger partial charge in [-0.1, -0.05) is 12.1 Å². The quantitative estimate of drug-likeness (QED) is 0.551. The zero-order valence-corrected chi connectivity index (χ0v) is 16.4. The normalized spacial score (nSPS) is 14.6. The van der Waals surface area contributed by atoms with Crippen LogP contribution in [0.5, 0.6) is 0 Å². The van der Waals surface area contributed by atoms with Crippen molar-refractivity contribution in [3.8, 4) is 17.2 Å². The highest BCUT2D eigenvalue weighted by Gasteiger charge is 2.15. The molecule has 4 aromatic rings. The fraction of sp³-hybridized carbons (Fsp3) is 0.273. The second-order valence-electron chi connectivity index (χ2n) is 7.45. The minimum absolute atomic E-state index is 0.515. The molecule has 5 rings (SSSR count). The van der Waals surface area contributed by atoms with Gasteiger partial charge in [-0.05, 0) is 48.6 Å². The van der Waals surface area contributed by atoms with E-state index in [1.165, 1.54) is 0 Å². The first-order valence-electron chi connectivity index (χ1n) is 10.0. The minimum Gasteiger partial charge on any atom is -0.381 e. The van der Waals surface area contributed by atoms with Crippen LogP contribution in [-0.4, -0.2) is 37.6 Å². The summed E-state index contributed by atoms with van der Waals surface area (Å²) < 4.78 is 9.15. The van der Waals surface area contributed by atoms with Gasteiger partial charge in [0.2, 0.25) is 5.95 Å². The Labute approximate surface area is 173 Å². The predicted molar refractivity (Wildman–Crippen MR) is 112 cm³/mol. The lowest BCUT2D eigenvalue weighted by Gasteiger charge is -2.21. The van der Waals surface area contributed by atoms with Crippen molar-refractivity contribution in [1.82, 2.24) is 24.4 Å². The second kappa shape index (κ2) is 7.97. The number of hydrogen-bond donors (Lipinski definition) is 1. The number of aromatic nitrogens is 5. The highest BCUT2D eigenvalue weighted by atomic mass is 16.5. The van der Waals surface area contributed by atoms with Crippen LogP contribution >= 0.6 is 0 Å². The molecule has 3 aromatic heterocycles. The molecule has 1 aliphatic heterocycles. The van der Waals surface area contributed by atoms with Gasteiger partial charge in [-0.2, -0.15) is 15.3 Å². The number of hydrogen-bond acceptors (Lipinski definition) is 6. The number of nitrogens with zero attached hydrogens (tertiary/aromatic N) is 6. The van der Waals surface area contributed by atoms with E-state index in [1.54, 1.807) is 22.8 Å². The Bertz CT molecular complexity index is 1200. The summed E-state index contributed by atoms with van der Waals surface area (Å²) in [6, 6.07) is 13.5. The number of benzene rings is 1. The molecule has 150 valence electrons. The molecule has 1 aliphatic rings. The molecular formula is C22H21N7O. The number of nitrogens with one attached hydrogen (secondary N) is 1. The first kappa shape index (κ1) is 18.3. The molecule has 1 N–H and O–H groups in total. The zero-order chi connectivity index (χ0) is 20.3. The fourth-order valence-corrected chi connectivity index (χ4v) is 3.76. The van der Waals surface area contributed by atoms with Crippen LogP contribution in [0.25, 0.3) is 16.8 Å². The third kappa shape index (κ3) is 3.75. The van der Waals surface area contributed by atoms with Crippen LogP contribution in [0.3, 0.4) is 0 Å². The van der Waals surface area contributed by atoms with Gasteiger partial charge >= 0.3 is 0 Å². The number of rotatable bonds is 5. The van der Waals surface area contributed by atoms with Crippen molar-refractivity contribution in [2.45, 2.75) is 19.4 Å². The van der Waals surface area contributed by atoms with Gasteiger partial charge in [0.1, 0.15) is 0 Å². The first-order chi connectivity index (χ1) is 14.8. The Balaban J connectivity index is 1.36. The number of pyridine rings is 1. The molecule has 0 radical (unpaired) electrons. The van der Waals surface area contributed by atoms with E-state index in [0.29, 0.717) is 17.4 Å². The smallest absolute Gasteiger partial charge is 0.247 e. The largest absolute Gasteiger partial charge is 0.381 e. The van der Waals surface area contributed by atoms with Gasteiger partial charge in [0.15, 0.2) is 5.65 Å². The molecule has 1 aromatic carbocycles. The summed E-state index contributed by atoms with van der Waals surface area (Å²) in [5.74, 6) is 1.12. The average Bonchev–Trinajstić information content (AvgIpc) is 3.40. The van der Waals surface area contributed by atoms with Crippen LogP contribution in [0.4, 0.5) is 11.6 Å². The number of anilines is 2. The number of fused-ring (bicyclic) bond motifs is 1. The molecule has 0 saturated carbocycles. The van der Waals surface area contributed by atoms with Gasteiger partial charge in [0.25, 0.3) is 0 Å². The van der Waals surface area contributed by atoms with Gasteiger partial charge in [0.05, 0.1) is 23.5 Å². The summed E-state index contributed by atoms with van der Waals surface area (Å²) in [6.07, 6.45) is 7.81. The summed E-state index contributed by atoms with van der Waals surface area (Å²) in [5.41, 5.74) is 4.19. The Morgan fingerprint density at radius 3 is 2.80 bits per heavy atom. The van der Waals surface area contributed by atoms with Crippen molar-refractivity contribution in [2.75, 3.05) is 18.5 Å².